The normalized spacial score (nSPS) is 10.2. The first-order valence-corrected chi connectivity index (χ1v) is 8.63. The molecule has 0 radical (unpaired) electrons. The van der Waals surface area contributed by atoms with Gasteiger partial charge in [0.25, 0.3) is 11.6 Å². The Morgan fingerprint density at radius 3 is 2.26 bits per heavy atom. The van der Waals surface area contributed by atoms with E-state index in [0.717, 1.165) is 6.07 Å². The molecule has 0 aliphatic carbocycles. The number of urea groups is 1. The molecular weight excluding hydrogens is 419 g/mol. The van der Waals surface area contributed by atoms with Gasteiger partial charge in [-0.05, 0) is 24.3 Å². The summed E-state index contributed by atoms with van der Waals surface area (Å²) in [6.07, 6.45) is 0. The van der Waals surface area contributed by atoms with Gasteiger partial charge in [0.05, 0.1) is 25.7 Å². The molecule has 0 saturated carbocycles. The number of halogens is 3. The SMILES string of the molecule is O=C(NCCNC(=O)c1ccc(Cl)c(Cl)c1)Nc1ccc([N+](=O)[O-])cc1Cl. The highest BCUT2D eigenvalue weighted by Crippen LogP contribution is 2.26. The van der Waals surface area contributed by atoms with Gasteiger partial charge in [-0.25, -0.2) is 4.79 Å². The van der Waals surface area contributed by atoms with Crippen molar-refractivity contribution in [2.45, 2.75) is 0 Å². The summed E-state index contributed by atoms with van der Waals surface area (Å²) < 4.78 is 0. The van der Waals surface area contributed by atoms with E-state index in [-0.39, 0.29) is 40.4 Å². The van der Waals surface area contributed by atoms with E-state index in [9.17, 15) is 19.7 Å². The number of hydrogen-bond acceptors (Lipinski definition) is 4. The minimum Gasteiger partial charge on any atom is -0.350 e. The lowest BCUT2D eigenvalue weighted by atomic mass is 10.2. The van der Waals surface area contributed by atoms with Crippen LogP contribution in [0.3, 0.4) is 0 Å². The van der Waals surface area contributed by atoms with Gasteiger partial charge in [-0.2, -0.15) is 0 Å². The largest absolute Gasteiger partial charge is 0.350 e. The minimum atomic E-state index is -0.591. The zero-order valence-corrected chi connectivity index (χ0v) is 15.9. The fraction of sp³-hybridized carbons (Fsp3) is 0.125. The van der Waals surface area contributed by atoms with Crippen molar-refractivity contribution in [1.82, 2.24) is 10.6 Å². The number of rotatable bonds is 6. The summed E-state index contributed by atoms with van der Waals surface area (Å²) in [4.78, 5) is 33.8. The van der Waals surface area contributed by atoms with Crippen LogP contribution in [0.2, 0.25) is 15.1 Å². The number of amides is 3. The van der Waals surface area contributed by atoms with Crippen LogP contribution in [0, 0.1) is 10.1 Å². The molecule has 0 bridgehead atoms. The molecule has 11 heteroatoms. The van der Waals surface area contributed by atoms with Crippen LogP contribution in [0.5, 0.6) is 0 Å². The van der Waals surface area contributed by atoms with Crippen molar-refractivity contribution in [3.05, 3.63) is 67.1 Å². The number of carbonyl (C=O) groups excluding carboxylic acids is 2. The van der Waals surface area contributed by atoms with E-state index in [1.807, 2.05) is 0 Å². The van der Waals surface area contributed by atoms with Gasteiger partial charge in [0, 0.05) is 30.8 Å². The van der Waals surface area contributed by atoms with Crippen LogP contribution in [0.4, 0.5) is 16.2 Å². The van der Waals surface area contributed by atoms with Gasteiger partial charge in [-0.3, -0.25) is 14.9 Å². The number of carbonyl (C=O) groups is 2. The smallest absolute Gasteiger partial charge is 0.319 e. The zero-order chi connectivity index (χ0) is 20.0. The maximum atomic E-state index is 12.0. The number of nitrogens with one attached hydrogen (secondary N) is 3. The zero-order valence-electron chi connectivity index (χ0n) is 13.6. The van der Waals surface area contributed by atoms with Crippen molar-refractivity contribution < 1.29 is 14.5 Å². The highest BCUT2D eigenvalue weighted by Gasteiger charge is 2.12. The molecule has 8 nitrogen and oxygen atoms in total. The average Bonchev–Trinajstić information content (AvgIpc) is 2.62. The Balaban J connectivity index is 1.78. The molecule has 0 saturated heterocycles. The van der Waals surface area contributed by atoms with Crippen LogP contribution in [0.25, 0.3) is 0 Å². The van der Waals surface area contributed by atoms with Crippen LogP contribution >= 0.6 is 34.8 Å². The first-order chi connectivity index (χ1) is 12.8. The maximum absolute atomic E-state index is 12.0. The van der Waals surface area contributed by atoms with E-state index in [1.54, 1.807) is 0 Å². The monoisotopic (exact) mass is 430 g/mol. The number of anilines is 1. The van der Waals surface area contributed by atoms with Gasteiger partial charge in [-0.1, -0.05) is 34.8 Å². The predicted molar refractivity (Wildman–Crippen MR) is 104 cm³/mol. The van der Waals surface area contributed by atoms with E-state index in [4.69, 9.17) is 34.8 Å². The topological polar surface area (TPSA) is 113 Å². The van der Waals surface area contributed by atoms with Gasteiger partial charge in [0.2, 0.25) is 0 Å². The Morgan fingerprint density at radius 1 is 0.926 bits per heavy atom. The van der Waals surface area contributed by atoms with Crippen molar-refractivity contribution in [3.63, 3.8) is 0 Å². The number of non-ortho nitro benzene ring substituents is 1. The molecular formula is C16H13Cl3N4O4. The summed E-state index contributed by atoms with van der Waals surface area (Å²) in [7, 11) is 0. The Kier molecular flexibility index (Phi) is 7.23. The maximum Gasteiger partial charge on any atom is 0.319 e. The predicted octanol–water partition coefficient (Wildman–Crippen LogP) is 4.11. The lowest BCUT2D eigenvalue weighted by molar-refractivity contribution is -0.384. The quantitative estimate of drug-likeness (QED) is 0.363. The van der Waals surface area contributed by atoms with E-state index in [2.05, 4.69) is 16.0 Å². The average molecular weight is 432 g/mol. The number of nitro groups is 1. The van der Waals surface area contributed by atoms with Crippen LogP contribution in [-0.4, -0.2) is 30.0 Å². The summed E-state index contributed by atoms with van der Waals surface area (Å²) in [5, 5.41) is 18.9. The third-order valence-corrected chi connectivity index (χ3v) is 4.34. The van der Waals surface area contributed by atoms with Crippen molar-refractivity contribution in [1.29, 1.82) is 0 Å². The first kappa shape index (κ1) is 20.8. The van der Waals surface area contributed by atoms with Gasteiger partial charge in [0.1, 0.15) is 0 Å². The molecule has 2 aromatic carbocycles. The molecule has 0 heterocycles. The third-order valence-electron chi connectivity index (χ3n) is 3.29. The molecule has 2 aromatic rings. The summed E-state index contributed by atoms with van der Waals surface area (Å²) in [6.45, 7) is 0.310. The van der Waals surface area contributed by atoms with Gasteiger partial charge < -0.3 is 16.0 Å². The number of nitrogens with zero attached hydrogens (tertiary/aromatic N) is 1. The molecule has 0 fully saturated rings. The fourth-order valence-electron chi connectivity index (χ4n) is 1.98. The molecule has 2 rings (SSSR count). The van der Waals surface area contributed by atoms with Gasteiger partial charge in [-0.15, -0.1) is 0 Å². The van der Waals surface area contributed by atoms with Crippen LogP contribution in [0.1, 0.15) is 10.4 Å². The molecule has 3 N–H and O–H groups in total. The van der Waals surface area contributed by atoms with Crippen molar-refractivity contribution in [2.75, 3.05) is 18.4 Å². The van der Waals surface area contributed by atoms with Crippen LogP contribution < -0.4 is 16.0 Å². The lowest BCUT2D eigenvalue weighted by Gasteiger charge is -2.10. The summed E-state index contributed by atoms with van der Waals surface area (Å²) >= 11 is 17.5. The van der Waals surface area contributed by atoms with E-state index >= 15 is 0 Å². The molecule has 0 unspecified atom stereocenters. The fourth-order valence-corrected chi connectivity index (χ4v) is 2.50. The molecule has 0 aliphatic rings. The highest BCUT2D eigenvalue weighted by molar-refractivity contribution is 6.42. The van der Waals surface area contributed by atoms with E-state index in [0.29, 0.717) is 10.6 Å². The molecule has 142 valence electrons. The second-order valence-electron chi connectivity index (χ2n) is 5.19. The summed E-state index contributed by atoms with van der Waals surface area (Å²) in [5.41, 5.74) is 0.377. The number of benzene rings is 2. The Bertz CT molecular complexity index is 892. The third kappa shape index (κ3) is 5.99. The Labute approximate surface area is 168 Å². The van der Waals surface area contributed by atoms with Gasteiger partial charge in [0.15, 0.2) is 0 Å². The molecule has 3 amide bonds. The van der Waals surface area contributed by atoms with Crippen LogP contribution in [0.15, 0.2) is 36.4 Å². The second kappa shape index (κ2) is 9.40. The Hall–Kier alpha value is -2.55. The van der Waals surface area contributed by atoms with Crippen molar-refractivity contribution in [2.24, 2.45) is 0 Å². The van der Waals surface area contributed by atoms with Crippen molar-refractivity contribution >= 4 is 58.1 Å². The number of nitro benzene ring substituents is 1. The Morgan fingerprint density at radius 2 is 1.63 bits per heavy atom. The molecule has 0 atom stereocenters. The van der Waals surface area contributed by atoms with E-state index in [1.165, 1.54) is 30.3 Å². The van der Waals surface area contributed by atoms with Gasteiger partial charge >= 0.3 is 6.03 Å². The number of hydrogen-bond donors (Lipinski definition) is 3. The van der Waals surface area contributed by atoms with Crippen LogP contribution in [-0.2, 0) is 0 Å². The minimum absolute atomic E-state index is 0.0345. The standard InChI is InChI=1S/C16H13Cl3N4O4/c17-11-3-1-9(7-12(11)18)15(24)20-5-6-21-16(25)22-14-4-2-10(23(26)27)8-13(14)19/h1-4,7-8H,5-6H2,(H,20,24)(H2,21,22,25). The second-order valence-corrected chi connectivity index (χ2v) is 6.41. The molecule has 0 spiro atoms. The lowest BCUT2D eigenvalue weighted by Crippen LogP contribution is -2.36. The molecule has 27 heavy (non-hydrogen) atoms. The molecule has 0 aliphatic heterocycles. The van der Waals surface area contributed by atoms with Crippen molar-refractivity contribution in [3.8, 4) is 0 Å². The molecule has 0 aromatic heterocycles. The summed E-state index contributed by atoms with van der Waals surface area (Å²) in [5.74, 6) is -0.366. The van der Waals surface area contributed by atoms with E-state index < -0.39 is 11.0 Å². The summed E-state index contributed by atoms with van der Waals surface area (Å²) in [6, 6.07) is 7.59. The highest BCUT2D eigenvalue weighted by atomic mass is 35.5. The first-order valence-electron chi connectivity index (χ1n) is 7.50.